The number of amides is 2. The van der Waals surface area contributed by atoms with E-state index in [0.29, 0.717) is 17.9 Å². The van der Waals surface area contributed by atoms with Crippen molar-refractivity contribution >= 4 is 27.5 Å². The average molecular weight is 450 g/mol. The Labute approximate surface area is 182 Å². The van der Waals surface area contributed by atoms with Crippen LogP contribution in [0.2, 0.25) is 0 Å². The third-order valence-corrected chi connectivity index (χ3v) is 5.48. The first-order chi connectivity index (χ1) is 14.6. The zero-order valence-corrected chi connectivity index (χ0v) is 18.4. The van der Waals surface area contributed by atoms with E-state index in [1.54, 1.807) is 24.3 Å². The van der Waals surface area contributed by atoms with Gasteiger partial charge in [-0.3, -0.25) is 9.59 Å². The molecule has 0 radical (unpaired) electrons. The van der Waals surface area contributed by atoms with Crippen molar-refractivity contribution < 1.29 is 27.5 Å². The summed E-state index contributed by atoms with van der Waals surface area (Å²) in [6.45, 7) is 3.47. The third-order valence-electron chi connectivity index (χ3n) is 4.14. The van der Waals surface area contributed by atoms with Crippen molar-refractivity contribution in [1.82, 2.24) is 4.72 Å². The van der Waals surface area contributed by atoms with E-state index >= 15 is 0 Å². The molecule has 2 rings (SSSR count). The van der Waals surface area contributed by atoms with Crippen molar-refractivity contribution in [3.05, 3.63) is 48.5 Å². The van der Waals surface area contributed by atoms with E-state index in [9.17, 15) is 18.0 Å². The molecule has 0 saturated carbocycles. The number of hydrogen-bond acceptors (Lipinski definition) is 7. The first-order valence-corrected chi connectivity index (χ1v) is 11.1. The molecule has 9 nitrogen and oxygen atoms in total. The Kier molecular flexibility index (Phi) is 8.40. The normalized spacial score (nSPS) is 12.2. The Hall–Kier alpha value is -3.11. The lowest BCUT2D eigenvalue weighted by molar-refractivity contribution is -0.121. The number of benzene rings is 2. The lowest BCUT2D eigenvalue weighted by Gasteiger charge is -2.15. The molecular weight excluding hydrogens is 422 g/mol. The second-order valence-corrected chi connectivity index (χ2v) is 8.93. The number of nitrogens with one attached hydrogen (secondary N) is 2. The van der Waals surface area contributed by atoms with Gasteiger partial charge in [0.05, 0.1) is 18.0 Å². The summed E-state index contributed by atoms with van der Waals surface area (Å²) in [6, 6.07) is 11.4. The molecule has 0 aliphatic carbocycles. The molecule has 0 saturated heterocycles. The van der Waals surface area contributed by atoms with Crippen molar-refractivity contribution in [3.8, 4) is 11.5 Å². The maximum Gasteiger partial charge on any atom is 0.264 e. The van der Waals surface area contributed by atoms with Gasteiger partial charge in [-0.05, 0) is 42.7 Å². The number of ether oxygens (including phenoxy) is 2. The maximum atomic E-state index is 12.5. The molecule has 0 unspecified atom stereocenters. The van der Waals surface area contributed by atoms with Gasteiger partial charge in [0.15, 0.2) is 6.61 Å². The van der Waals surface area contributed by atoms with Crippen LogP contribution in [0.1, 0.15) is 20.3 Å². The largest absolute Gasteiger partial charge is 0.497 e. The van der Waals surface area contributed by atoms with Gasteiger partial charge < -0.3 is 20.5 Å². The fourth-order valence-corrected chi connectivity index (χ4v) is 3.73. The van der Waals surface area contributed by atoms with E-state index in [2.05, 4.69) is 5.32 Å². The Morgan fingerprint density at radius 3 is 2.42 bits per heavy atom. The van der Waals surface area contributed by atoms with Gasteiger partial charge in [-0.15, -0.1) is 0 Å². The van der Waals surface area contributed by atoms with Gasteiger partial charge in [0.1, 0.15) is 11.5 Å². The number of anilines is 1. The number of carbonyl (C=O) groups excluding carboxylic acids is 2. The molecule has 0 bridgehead atoms. The monoisotopic (exact) mass is 449 g/mol. The van der Waals surface area contributed by atoms with Crippen LogP contribution >= 0.6 is 0 Å². The molecule has 2 amide bonds. The van der Waals surface area contributed by atoms with Crippen LogP contribution in [0.25, 0.3) is 0 Å². The number of methoxy groups -OCH3 is 1. The number of sulfonamides is 1. The first-order valence-electron chi connectivity index (χ1n) is 9.59. The zero-order valence-electron chi connectivity index (χ0n) is 17.6. The van der Waals surface area contributed by atoms with Crippen LogP contribution in [0.4, 0.5) is 5.69 Å². The third kappa shape index (κ3) is 7.58. The smallest absolute Gasteiger partial charge is 0.264 e. The van der Waals surface area contributed by atoms with Crippen LogP contribution < -0.4 is 25.2 Å². The summed E-state index contributed by atoms with van der Waals surface area (Å²) in [5, 5.41) is 2.56. The Morgan fingerprint density at radius 1 is 1.06 bits per heavy atom. The molecule has 2 aromatic rings. The molecule has 0 spiro atoms. The molecule has 168 valence electrons. The maximum absolute atomic E-state index is 12.5. The fourth-order valence-electron chi connectivity index (χ4n) is 2.66. The van der Waals surface area contributed by atoms with Crippen LogP contribution in [0.3, 0.4) is 0 Å². The van der Waals surface area contributed by atoms with Crippen LogP contribution in [-0.2, 0) is 19.6 Å². The van der Waals surface area contributed by atoms with E-state index < -0.39 is 27.9 Å². The Balaban J connectivity index is 2.00. The summed E-state index contributed by atoms with van der Waals surface area (Å²) >= 11 is 0. The van der Waals surface area contributed by atoms with Crippen molar-refractivity contribution in [1.29, 1.82) is 0 Å². The standard InChI is InChI=1S/C21H27N3O6S/c1-14(2)10-19(22)21(26)24-31(27,28)18-9-4-6-15(11-18)23-20(25)13-30-17-8-5-7-16(12-17)29-3/h4-9,11-12,14,19H,10,13,22H2,1-3H3,(H,23,25)(H,24,26)/t19-/m0/s1. The molecule has 0 aliphatic heterocycles. The summed E-state index contributed by atoms with van der Waals surface area (Å²) in [6.07, 6.45) is 0.352. The molecule has 10 heteroatoms. The summed E-state index contributed by atoms with van der Waals surface area (Å²) in [4.78, 5) is 24.1. The lowest BCUT2D eigenvalue weighted by atomic mass is 10.0. The number of hydrogen-bond donors (Lipinski definition) is 3. The lowest BCUT2D eigenvalue weighted by Crippen LogP contribution is -2.43. The zero-order chi connectivity index (χ0) is 23.0. The molecule has 0 fully saturated rings. The number of nitrogens with two attached hydrogens (primary N) is 1. The molecule has 4 N–H and O–H groups in total. The summed E-state index contributed by atoms with van der Waals surface area (Å²) in [5.41, 5.74) is 5.98. The van der Waals surface area contributed by atoms with Gasteiger partial charge >= 0.3 is 0 Å². The SMILES string of the molecule is COc1cccc(OCC(=O)Nc2cccc(S(=O)(=O)NC(=O)[C@@H](N)CC(C)C)c2)c1. The van der Waals surface area contributed by atoms with Gasteiger partial charge in [-0.1, -0.05) is 26.0 Å². The minimum absolute atomic E-state index is 0.140. The minimum atomic E-state index is -4.14. The van der Waals surface area contributed by atoms with Gasteiger partial charge in [0.2, 0.25) is 0 Å². The minimum Gasteiger partial charge on any atom is -0.497 e. The Morgan fingerprint density at radius 2 is 1.74 bits per heavy atom. The van der Waals surface area contributed by atoms with Crippen LogP contribution in [0, 0.1) is 5.92 Å². The van der Waals surface area contributed by atoms with Crippen molar-refractivity contribution in [2.24, 2.45) is 11.7 Å². The van der Waals surface area contributed by atoms with Gasteiger partial charge in [-0.2, -0.15) is 0 Å². The molecular formula is C21H27N3O6S. The Bertz CT molecular complexity index is 1020. The van der Waals surface area contributed by atoms with E-state index in [4.69, 9.17) is 15.2 Å². The second kappa shape index (κ2) is 10.8. The predicted molar refractivity (Wildman–Crippen MR) is 116 cm³/mol. The topological polar surface area (TPSA) is 137 Å². The average Bonchev–Trinajstić information content (AvgIpc) is 2.72. The van der Waals surface area contributed by atoms with E-state index in [1.807, 2.05) is 18.6 Å². The van der Waals surface area contributed by atoms with Crippen molar-refractivity contribution in [3.63, 3.8) is 0 Å². The van der Waals surface area contributed by atoms with E-state index in [1.165, 1.54) is 31.4 Å². The first kappa shape index (κ1) is 24.2. The van der Waals surface area contributed by atoms with Crippen LogP contribution in [-0.4, -0.2) is 40.0 Å². The highest BCUT2D eigenvalue weighted by Gasteiger charge is 2.23. The molecule has 2 aromatic carbocycles. The van der Waals surface area contributed by atoms with E-state index in [-0.39, 0.29) is 23.1 Å². The van der Waals surface area contributed by atoms with Crippen LogP contribution in [0.15, 0.2) is 53.4 Å². The molecule has 0 aliphatic rings. The number of carbonyl (C=O) groups is 2. The number of rotatable bonds is 10. The van der Waals surface area contributed by atoms with Gasteiger partial charge in [-0.25, -0.2) is 13.1 Å². The van der Waals surface area contributed by atoms with E-state index in [0.717, 1.165) is 0 Å². The van der Waals surface area contributed by atoms with Crippen LogP contribution in [0.5, 0.6) is 11.5 Å². The fraction of sp³-hybridized carbons (Fsp3) is 0.333. The summed E-state index contributed by atoms with van der Waals surface area (Å²) in [7, 11) is -2.62. The van der Waals surface area contributed by atoms with Gasteiger partial charge in [0.25, 0.3) is 21.8 Å². The van der Waals surface area contributed by atoms with Crippen molar-refractivity contribution in [2.45, 2.75) is 31.2 Å². The molecule has 0 heterocycles. The quantitative estimate of drug-likeness (QED) is 0.504. The highest BCUT2D eigenvalue weighted by molar-refractivity contribution is 7.90. The summed E-state index contributed by atoms with van der Waals surface area (Å²) < 4.78 is 37.5. The summed E-state index contributed by atoms with van der Waals surface area (Å²) in [5.74, 6) is -0.0892. The highest BCUT2D eigenvalue weighted by Crippen LogP contribution is 2.19. The highest BCUT2D eigenvalue weighted by atomic mass is 32.2. The molecule has 1 atom stereocenters. The molecule has 31 heavy (non-hydrogen) atoms. The predicted octanol–water partition coefficient (Wildman–Crippen LogP) is 1.89. The second-order valence-electron chi connectivity index (χ2n) is 7.25. The van der Waals surface area contributed by atoms with Crippen molar-refractivity contribution in [2.75, 3.05) is 19.0 Å². The molecule has 0 aromatic heterocycles. The van der Waals surface area contributed by atoms with Gasteiger partial charge in [0, 0.05) is 11.8 Å².